The fourth-order valence-electron chi connectivity index (χ4n) is 3.17. The van der Waals surface area contributed by atoms with Gasteiger partial charge in [0.1, 0.15) is 13.3 Å². The Bertz CT molecular complexity index is 216. The molecule has 2 fully saturated rings. The van der Waals surface area contributed by atoms with Gasteiger partial charge in [0.25, 0.3) is 0 Å². The van der Waals surface area contributed by atoms with Gasteiger partial charge >= 0.3 is 0 Å². The molecule has 0 aromatic heterocycles. The van der Waals surface area contributed by atoms with E-state index in [0.29, 0.717) is 10.8 Å². The first-order valence-corrected chi connectivity index (χ1v) is 7.14. The summed E-state index contributed by atoms with van der Waals surface area (Å²) in [5, 5.41) is 0.688. The molecule has 0 aromatic carbocycles. The Morgan fingerprint density at radius 3 is 2.36 bits per heavy atom. The van der Waals surface area contributed by atoms with Gasteiger partial charge < -0.3 is 0 Å². The van der Waals surface area contributed by atoms with Crippen LogP contribution in [0.5, 0.6) is 0 Å². The molecule has 0 aromatic rings. The molecule has 14 heavy (non-hydrogen) atoms. The van der Waals surface area contributed by atoms with Crippen molar-refractivity contribution in [3.63, 3.8) is 0 Å². The van der Waals surface area contributed by atoms with Crippen molar-refractivity contribution in [1.29, 1.82) is 0 Å². The zero-order chi connectivity index (χ0) is 10.0. The summed E-state index contributed by atoms with van der Waals surface area (Å²) < 4.78 is 2.33. The summed E-state index contributed by atoms with van der Waals surface area (Å²) >= 11 is 1.98. The third-order valence-electron chi connectivity index (χ3n) is 3.99. The smallest absolute Gasteiger partial charge is 0.198 e. The van der Waals surface area contributed by atoms with Crippen LogP contribution in [-0.2, 0) is 0 Å². The van der Waals surface area contributed by atoms with E-state index < -0.39 is 0 Å². The number of thioether (sulfide) groups is 1. The van der Waals surface area contributed by atoms with E-state index in [9.17, 15) is 0 Å². The molecule has 1 heterocycles. The zero-order valence-corrected chi connectivity index (χ0v) is 10.1. The molecule has 1 aliphatic carbocycles. The average Bonchev–Trinajstić information content (AvgIpc) is 2.36. The van der Waals surface area contributed by atoms with E-state index in [2.05, 4.69) is 17.5 Å². The molecule has 0 bridgehead atoms. The molecule has 1 atom stereocenters. The second-order valence-corrected chi connectivity index (χ2v) is 6.07. The fraction of sp³-hybridized carbons (Fsp3) is 0.917. The van der Waals surface area contributed by atoms with Crippen LogP contribution in [-0.4, -0.2) is 29.5 Å². The van der Waals surface area contributed by atoms with Gasteiger partial charge in [-0.3, -0.25) is 0 Å². The summed E-state index contributed by atoms with van der Waals surface area (Å²) in [6.07, 6.45) is 12.3. The van der Waals surface area contributed by atoms with Crippen LogP contribution in [0.1, 0.15) is 44.9 Å². The molecule has 1 unspecified atom stereocenters. The van der Waals surface area contributed by atoms with Crippen molar-refractivity contribution in [2.75, 3.05) is 12.8 Å². The van der Waals surface area contributed by atoms with Gasteiger partial charge in [0.05, 0.1) is 0 Å². The summed E-state index contributed by atoms with van der Waals surface area (Å²) in [5.41, 5.74) is 0.645. The van der Waals surface area contributed by atoms with Crippen LogP contribution < -0.4 is 0 Å². The van der Waals surface area contributed by atoms with Gasteiger partial charge in [0, 0.05) is 11.8 Å². The summed E-state index contributed by atoms with van der Waals surface area (Å²) in [7, 11) is 0. The second kappa shape index (κ2) is 4.26. The zero-order valence-electron chi connectivity index (χ0n) is 9.30. The van der Waals surface area contributed by atoms with Crippen molar-refractivity contribution in [3.05, 3.63) is 0 Å². The van der Waals surface area contributed by atoms with E-state index in [1.165, 1.54) is 51.5 Å². The molecule has 1 nitrogen and oxygen atoms in total. The Hall–Kier alpha value is 0.0200. The van der Waals surface area contributed by atoms with Crippen LogP contribution in [0, 0.1) is 5.41 Å². The molecular weight excluding hydrogens is 190 g/mol. The molecule has 1 spiro atoms. The van der Waals surface area contributed by atoms with Crippen molar-refractivity contribution < 1.29 is 4.58 Å². The van der Waals surface area contributed by atoms with E-state index in [1.54, 1.807) is 0 Å². The van der Waals surface area contributed by atoms with Crippen molar-refractivity contribution in [2.24, 2.45) is 5.41 Å². The van der Waals surface area contributed by atoms with Crippen LogP contribution in [0.4, 0.5) is 0 Å². The first kappa shape index (κ1) is 10.5. The number of hydrogen-bond donors (Lipinski definition) is 0. The molecule has 0 radical (unpaired) electrons. The lowest BCUT2D eigenvalue weighted by Crippen LogP contribution is -2.21. The van der Waals surface area contributed by atoms with E-state index in [-0.39, 0.29) is 0 Å². The summed E-state index contributed by atoms with van der Waals surface area (Å²) in [5.74, 6) is 0. The minimum atomic E-state index is 0.645. The van der Waals surface area contributed by atoms with Crippen molar-refractivity contribution in [1.82, 2.24) is 0 Å². The van der Waals surface area contributed by atoms with Crippen LogP contribution in [0.2, 0.25) is 0 Å². The highest BCUT2D eigenvalue weighted by Gasteiger charge is 2.46. The molecule has 1 aliphatic heterocycles. The summed E-state index contributed by atoms with van der Waals surface area (Å²) in [4.78, 5) is 0. The van der Waals surface area contributed by atoms with Crippen molar-refractivity contribution in [2.45, 2.75) is 50.3 Å². The van der Waals surface area contributed by atoms with Gasteiger partial charge in [-0.05, 0) is 19.1 Å². The van der Waals surface area contributed by atoms with Crippen molar-refractivity contribution >= 4 is 18.5 Å². The number of hydrogen-bond acceptors (Lipinski definition) is 1. The quantitative estimate of drug-likeness (QED) is 0.604. The molecule has 0 amide bonds. The first-order valence-electron chi connectivity index (χ1n) is 5.86. The highest BCUT2D eigenvalue weighted by Crippen LogP contribution is 2.45. The van der Waals surface area contributed by atoms with Gasteiger partial charge in [0.2, 0.25) is 0 Å². The predicted octanol–water partition coefficient (Wildman–Crippen LogP) is 3.13. The maximum absolute atomic E-state index is 4.18. The minimum absolute atomic E-state index is 0.645. The van der Waals surface area contributed by atoms with E-state index in [4.69, 9.17) is 0 Å². The average molecular weight is 212 g/mol. The lowest BCUT2D eigenvalue weighted by Gasteiger charge is -2.21. The molecule has 1 saturated heterocycles. The summed E-state index contributed by atoms with van der Waals surface area (Å²) in [6, 6.07) is 0. The van der Waals surface area contributed by atoms with Crippen LogP contribution in [0.3, 0.4) is 0 Å². The summed E-state index contributed by atoms with van der Waals surface area (Å²) in [6.45, 7) is 5.43. The van der Waals surface area contributed by atoms with Crippen LogP contribution in [0.15, 0.2) is 0 Å². The lowest BCUT2D eigenvalue weighted by molar-refractivity contribution is -0.517. The van der Waals surface area contributed by atoms with E-state index in [1.807, 2.05) is 11.8 Å². The van der Waals surface area contributed by atoms with Gasteiger partial charge in [-0.15, -0.1) is 0 Å². The standard InChI is InChI=1S/C12H22NS/c1-13-10-12(9-11(13)14-2)7-5-3-4-6-8-12/h11H,1,3-10H2,2H3/q+1. The Balaban J connectivity index is 2.05. The Morgan fingerprint density at radius 1 is 1.21 bits per heavy atom. The molecule has 2 heteroatoms. The molecule has 2 rings (SSSR count). The maximum Gasteiger partial charge on any atom is 0.198 e. The maximum atomic E-state index is 4.18. The molecule has 80 valence electrons. The molecular formula is C12H22NS+. The minimum Gasteiger partial charge on any atom is -0.230 e. The largest absolute Gasteiger partial charge is 0.230 e. The second-order valence-electron chi connectivity index (χ2n) is 5.06. The topological polar surface area (TPSA) is 3.01 Å². The predicted molar refractivity (Wildman–Crippen MR) is 64.3 cm³/mol. The third kappa shape index (κ3) is 2.00. The normalized spacial score (nSPS) is 32.1. The first-order chi connectivity index (χ1) is 6.76. The van der Waals surface area contributed by atoms with Gasteiger partial charge in [-0.1, -0.05) is 37.4 Å². The van der Waals surface area contributed by atoms with E-state index >= 15 is 0 Å². The Kier molecular flexibility index (Phi) is 3.20. The van der Waals surface area contributed by atoms with Gasteiger partial charge in [0.15, 0.2) is 5.37 Å². The number of nitrogens with zero attached hydrogens (tertiary/aromatic N) is 1. The highest BCUT2D eigenvalue weighted by molar-refractivity contribution is 7.99. The lowest BCUT2D eigenvalue weighted by atomic mass is 9.80. The number of rotatable bonds is 1. The van der Waals surface area contributed by atoms with Crippen LogP contribution in [0.25, 0.3) is 0 Å². The monoisotopic (exact) mass is 212 g/mol. The van der Waals surface area contributed by atoms with Crippen LogP contribution >= 0.6 is 11.8 Å². The molecule has 1 saturated carbocycles. The SMILES string of the molecule is C=[N+]1CC2(CCCCCC2)CC1SC. The molecule has 2 aliphatic rings. The van der Waals surface area contributed by atoms with Gasteiger partial charge in [-0.25, -0.2) is 4.58 Å². The van der Waals surface area contributed by atoms with E-state index in [0.717, 1.165) is 0 Å². The Morgan fingerprint density at radius 2 is 1.86 bits per heavy atom. The van der Waals surface area contributed by atoms with Gasteiger partial charge in [-0.2, -0.15) is 0 Å². The highest BCUT2D eigenvalue weighted by atomic mass is 32.2. The van der Waals surface area contributed by atoms with Crippen molar-refractivity contribution in [3.8, 4) is 0 Å². The molecule has 0 N–H and O–H groups in total. The Labute approximate surface area is 92.0 Å². The fourth-order valence-corrected chi connectivity index (χ4v) is 4.06. The third-order valence-corrected chi connectivity index (χ3v) is 5.00.